The van der Waals surface area contributed by atoms with Crippen molar-refractivity contribution in [3.05, 3.63) is 64.1 Å². The van der Waals surface area contributed by atoms with Gasteiger partial charge in [0.15, 0.2) is 0 Å². The van der Waals surface area contributed by atoms with Crippen LogP contribution in [0.25, 0.3) is 0 Å². The molecular formula is C19H21BrN2O2. The Kier molecular flexibility index (Phi) is 7.00. The summed E-state index contributed by atoms with van der Waals surface area (Å²) in [7, 11) is 0. The Balaban J connectivity index is 1.69. The zero-order chi connectivity index (χ0) is 17.4. The highest BCUT2D eigenvalue weighted by atomic mass is 79.9. The van der Waals surface area contributed by atoms with E-state index < -0.39 is 11.8 Å². The maximum atomic E-state index is 11.9. The highest BCUT2D eigenvalue weighted by Crippen LogP contribution is 2.23. The van der Waals surface area contributed by atoms with Gasteiger partial charge in [-0.1, -0.05) is 36.4 Å². The molecule has 2 aromatic carbocycles. The number of halogens is 1. The van der Waals surface area contributed by atoms with Crippen molar-refractivity contribution >= 4 is 33.4 Å². The summed E-state index contributed by atoms with van der Waals surface area (Å²) in [5.41, 5.74) is 2.94. The van der Waals surface area contributed by atoms with Crippen LogP contribution in [0, 0.1) is 6.92 Å². The second-order valence-electron chi connectivity index (χ2n) is 5.64. The summed E-state index contributed by atoms with van der Waals surface area (Å²) >= 11 is 3.37. The number of aryl methyl sites for hydroxylation is 2. The molecule has 0 saturated carbocycles. The van der Waals surface area contributed by atoms with Gasteiger partial charge >= 0.3 is 11.8 Å². The van der Waals surface area contributed by atoms with Crippen molar-refractivity contribution in [2.24, 2.45) is 0 Å². The second-order valence-corrected chi connectivity index (χ2v) is 6.49. The number of unbranched alkanes of at least 4 members (excludes halogenated alkanes) is 1. The number of benzene rings is 2. The highest BCUT2D eigenvalue weighted by Gasteiger charge is 2.14. The summed E-state index contributed by atoms with van der Waals surface area (Å²) < 4.78 is 0.756. The van der Waals surface area contributed by atoms with Crippen LogP contribution in [-0.2, 0) is 16.0 Å². The van der Waals surface area contributed by atoms with E-state index >= 15 is 0 Å². The maximum absolute atomic E-state index is 11.9. The van der Waals surface area contributed by atoms with Crippen LogP contribution in [0.3, 0.4) is 0 Å². The first-order chi connectivity index (χ1) is 11.6. The van der Waals surface area contributed by atoms with E-state index in [-0.39, 0.29) is 0 Å². The molecule has 0 heterocycles. The molecular weight excluding hydrogens is 368 g/mol. The lowest BCUT2D eigenvalue weighted by Crippen LogP contribution is -2.36. The second kappa shape index (κ2) is 9.23. The van der Waals surface area contributed by atoms with Gasteiger partial charge in [0.25, 0.3) is 0 Å². The molecule has 0 bridgehead atoms. The van der Waals surface area contributed by atoms with Crippen LogP contribution in [0.4, 0.5) is 5.69 Å². The summed E-state index contributed by atoms with van der Waals surface area (Å²) in [4.78, 5) is 23.7. The molecule has 2 aromatic rings. The Morgan fingerprint density at radius 1 is 1.00 bits per heavy atom. The number of nitrogens with one attached hydrogen (secondary N) is 2. The average molecular weight is 389 g/mol. The van der Waals surface area contributed by atoms with Crippen LogP contribution in [0.15, 0.2) is 53.0 Å². The Labute approximate surface area is 150 Å². The zero-order valence-electron chi connectivity index (χ0n) is 13.6. The Hall–Kier alpha value is -2.14. The molecule has 0 atom stereocenters. The molecule has 0 saturated heterocycles. The van der Waals surface area contributed by atoms with E-state index in [9.17, 15) is 9.59 Å². The lowest BCUT2D eigenvalue weighted by atomic mass is 10.1. The Bertz CT molecular complexity index is 702. The molecule has 24 heavy (non-hydrogen) atoms. The smallest absolute Gasteiger partial charge is 0.313 e. The standard InChI is InChI=1S/C19H21BrN2O2/c1-14-10-11-17(16(20)13-14)22-19(24)18(23)21-12-6-5-9-15-7-3-2-4-8-15/h2-4,7-8,10-11,13H,5-6,9,12H2,1H3,(H,21,23)(H,22,24). The lowest BCUT2D eigenvalue weighted by Gasteiger charge is -2.08. The first kappa shape index (κ1) is 18.2. The molecule has 0 aliphatic carbocycles. The molecule has 5 heteroatoms. The van der Waals surface area contributed by atoms with E-state index in [1.165, 1.54) is 5.56 Å². The maximum Gasteiger partial charge on any atom is 0.313 e. The fourth-order valence-corrected chi connectivity index (χ4v) is 2.87. The average Bonchev–Trinajstić information content (AvgIpc) is 2.57. The van der Waals surface area contributed by atoms with E-state index in [2.05, 4.69) is 38.7 Å². The largest absolute Gasteiger partial charge is 0.348 e. The molecule has 0 spiro atoms. The monoisotopic (exact) mass is 388 g/mol. The van der Waals surface area contributed by atoms with Gasteiger partial charge in [-0.2, -0.15) is 0 Å². The quantitative estimate of drug-likeness (QED) is 0.583. The molecule has 0 aromatic heterocycles. The molecule has 2 N–H and O–H groups in total. The van der Waals surface area contributed by atoms with Gasteiger partial charge in [-0.3, -0.25) is 9.59 Å². The molecule has 0 aliphatic heterocycles. The number of carbonyl (C=O) groups excluding carboxylic acids is 2. The van der Waals surface area contributed by atoms with Gasteiger partial charge in [0.05, 0.1) is 5.69 Å². The minimum absolute atomic E-state index is 0.494. The van der Waals surface area contributed by atoms with Gasteiger partial charge in [-0.25, -0.2) is 0 Å². The van der Waals surface area contributed by atoms with Gasteiger partial charge in [0.1, 0.15) is 0 Å². The predicted molar refractivity (Wildman–Crippen MR) is 99.9 cm³/mol. The number of rotatable bonds is 6. The molecule has 2 amide bonds. The lowest BCUT2D eigenvalue weighted by molar-refractivity contribution is -0.136. The van der Waals surface area contributed by atoms with Crippen molar-refractivity contribution < 1.29 is 9.59 Å². The van der Waals surface area contributed by atoms with Gasteiger partial charge in [0, 0.05) is 11.0 Å². The SMILES string of the molecule is Cc1ccc(NC(=O)C(=O)NCCCCc2ccccc2)c(Br)c1. The first-order valence-electron chi connectivity index (χ1n) is 7.95. The van der Waals surface area contributed by atoms with E-state index in [0.29, 0.717) is 12.2 Å². The van der Waals surface area contributed by atoms with Gasteiger partial charge < -0.3 is 10.6 Å². The molecule has 2 rings (SSSR count). The molecule has 0 radical (unpaired) electrons. The van der Waals surface area contributed by atoms with Crippen LogP contribution in [0.5, 0.6) is 0 Å². The third kappa shape index (κ3) is 5.81. The van der Waals surface area contributed by atoms with Crippen molar-refractivity contribution in [3.63, 3.8) is 0 Å². The Morgan fingerprint density at radius 3 is 2.46 bits per heavy atom. The van der Waals surface area contributed by atoms with Gasteiger partial charge in [0.2, 0.25) is 0 Å². The summed E-state index contributed by atoms with van der Waals surface area (Å²) in [5, 5.41) is 5.26. The molecule has 0 aliphatic rings. The summed E-state index contributed by atoms with van der Waals surface area (Å²) in [6, 6.07) is 15.7. The van der Waals surface area contributed by atoms with Crippen LogP contribution in [0.2, 0.25) is 0 Å². The predicted octanol–water partition coefficient (Wildman–Crippen LogP) is 3.84. The van der Waals surface area contributed by atoms with Crippen LogP contribution >= 0.6 is 15.9 Å². The number of hydrogen-bond acceptors (Lipinski definition) is 2. The van der Waals surface area contributed by atoms with Crippen molar-refractivity contribution in [3.8, 4) is 0 Å². The van der Waals surface area contributed by atoms with Crippen molar-refractivity contribution in [2.75, 3.05) is 11.9 Å². The molecule has 126 valence electrons. The first-order valence-corrected chi connectivity index (χ1v) is 8.75. The fourth-order valence-electron chi connectivity index (χ4n) is 2.28. The number of amides is 2. The number of carbonyl (C=O) groups is 2. The van der Waals surface area contributed by atoms with E-state index in [4.69, 9.17) is 0 Å². The summed E-state index contributed by atoms with van der Waals surface area (Å²) in [6.45, 7) is 2.45. The minimum atomic E-state index is -0.650. The summed E-state index contributed by atoms with van der Waals surface area (Å²) in [6.07, 6.45) is 2.77. The Morgan fingerprint density at radius 2 is 1.75 bits per heavy atom. The normalized spacial score (nSPS) is 10.2. The van der Waals surface area contributed by atoms with Gasteiger partial charge in [-0.05, 0) is 65.4 Å². The van der Waals surface area contributed by atoms with E-state index in [0.717, 1.165) is 29.3 Å². The van der Waals surface area contributed by atoms with Gasteiger partial charge in [-0.15, -0.1) is 0 Å². The van der Waals surface area contributed by atoms with Crippen molar-refractivity contribution in [2.45, 2.75) is 26.2 Å². The van der Waals surface area contributed by atoms with Crippen LogP contribution < -0.4 is 10.6 Å². The van der Waals surface area contributed by atoms with E-state index in [1.54, 1.807) is 6.07 Å². The summed E-state index contributed by atoms with van der Waals surface area (Å²) in [5.74, 6) is -1.26. The fraction of sp³-hybridized carbons (Fsp3) is 0.263. The molecule has 0 fully saturated rings. The van der Waals surface area contributed by atoms with Crippen LogP contribution in [-0.4, -0.2) is 18.4 Å². The number of anilines is 1. The number of hydrogen-bond donors (Lipinski definition) is 2. The molecule has 4 nitrogen and oxygen atoms in total. The zero-order valence-corrected chi connectivity index (χ0v) is 15.2. The third-order valence-corrected chi connectivity index (χ3v) is 4.26. The highest BCUT2D eigenvalue weighted by molar-refractivity contribution is 9.10. The third-order valence-electron chi connectivity index (χ3n) is 3.60. The molecule has 0 unspecified atom stereocenters. The van der Waals surface area contributed by atoms with Crippen molar-refractivity contribution in [1.29, 1.82) is 0 Å². The minimum Gasteiger partial charge on any atom is -0.348 e. The topological polar surface area (TPSA) is 58.2 Å². The van der Waals surface area contributed by atoms with Crippen molar-refractivity contribution in [1.82, 2.24) is 5.32 Å². The van der Waals surface area contributed by atoms with E-state index in [1.807, 2.05) is 37.3 Å². The van der Waals surface area contributed by atoms with Crippen LogP contribution in [0.1, 0.15) is 24.0 Å².